The second-order valence-electron chi connectivity index (χ2n) is 6.99. The van der Waals surface area contributed by atoms with E-state index >= 15 is 0 Å². The number of hydrazone groups is 1. The van der Waals surface area contributed by atoms with E-state index in [1.807, 2.05) is 43.3 Å². The maximum absolute atomic E-state index is 12.3. The van der Waals surface area contributed by atoms with Crippen LogP contribution in [0.5, 0.6) is 5.75 Å². The van der Waals surface area contributed by atoms with Crippen molar-refractivity contribution >= 4 is 22.4 Å². The maximum Gasteiger partial charge on any atom is 0.243 e. The largest absolute Gasteiger partial charge is 0.507 e. The summed E-state index contributed by atoms with van der Waals surface area (Å²) < 4.78 is 0. The molecular formula is C20H22N2O2. The number of amides is 1. The summed E-state index contributed by atoms with van der Waals surface area (Å²) in [6.07, 6.45) is 4.85. The van der Waals surface area contributed by atoms with E-state index < -0.39 is 0 Å². The van der Waals surface area contributed by atoms with Gasteiger partial charge in [-0.15, -0.1) is 0 Å². The molecule has 2 N–H and O–H groups in total. The van der Waals surface area contributed by atoms with Crippen molar-refractivity contribution in [1.29, 1.82) is 0 Å². The minimum absolute atomic E-state index is 0.0338. The molecule has 2 aromatic rings. The molecule has 2 saturated carbocycles. The Morgan fingerprint density at radius 1 is 1.12 bits per heavy atom. The van der Waals surface area contributed by atoms with E-state index in [4.69, 9.17) is 0 Å². The quantitative estimate of drug-likeness (QED) is 0.666. The van der Waals surface area contributed by atoms with Gasteiger partial charge in [-0.2, -0.15) is 5.10 Å². The van der Waals surface area contributed by atoms with Gasteiger partial charge in [0, 0.05) is 16.9 Å². The van der Waals surface area contributed by atoms with E-state index in [0.29, 0.717) is 23.1 Å². The molecule has 4 heteroatoms. The molecule has 2 aromatic carbocycles. The molecule has 0 radical (unpaired) electrons. The Bertz CT molecular complexity index is 815. The van der Waals surface area contributed by atoms with Gasteiger partial charge in [0.25, 0.3) is 0 Å². The highest BCUT2D eigenvalue weighted by molar-refractivity contribution is 6.06. The molecule has 2 aliphatic carbocycles. The van der Waals surface area contributed by atoms with E-state index in [1.54, 1.807) is 0 Å². The smallest absolute Gasteiger partial charge is 0.243 e. The first kappa shape index (κ1) is 15.2. The Kier molecular flexibility index (Phi) is 3.75. The van der Waals surface area contributed by atoms with Crippen LogP contribution in [0.15, 0.2) is 41.5 Å². The second kappa shape index (κ2) is 5.93. The van der Waals surface area contributed by atoms with Crippen molar-refractivity contribution in [2.75, 3.05) is 0 Å². The lowest BCUT2D eigenvalue weighted by atomic mass is 10.0. The zero-order chi connectivity index (χ0) is 16.7. The van der Waals surface area contributed by atoms with Crippen LogP contribution in [0.3, 0.4) is 0 Å². The molecule has 4 nitrogen and oxygen atoms in total. The summed E-state index contributed by atoms with van der Waals surface area (Å²) in [5, 5.41) is 16.5. The minimum atomic E-state index is 0.0338. The lowest BCUT2D eigenvalue weighted by molar-refractivity contribution is -0.122. The molecule has 124 valence electrons. The number of nitrogens with one attached hydrogen (secondary N) is 1. The fourth-order valence-corrected chi connectivity index (χ4v) is 4.20. The molecule has 2 aliphatic rings. The van der Waals surface area contributed by atoms with Crippen LogP contribution in [0.4, 0.5) is 0 Å². The predicted molar refractivity (Wildman–Crippen MR) is 94.9 cm³/mol. The summed E-state index contributed by atoms with van der Waals surface area (Å²) in [5.41, 5.74) is 3.99. The number of hydrogen-bond donors (Lipinski definition) is 2. The van der Waals surface area contributed by atoms with Gasteiger partial charge in [0.05, 0.1) is 5.71 Å². The van der Waals surface area contributed by atoms with Crippen LogP contribution < -0.4 is 5.43 Å². The number of fused-ring (bicyclic) bond motifs is 2. The van der Waals surface area contributed by atoms with Crippen molar-refractivity contribution in [2.45, 2.75) is 32.6 Å². The molecule has 0 saturated heterocycles. The number of aromatic hydroxyl groups is 1. The molecule has 2 fully saturated rings. The Morgan fingerprint density at radius 2 is 1.83 bits per heavy atom. The average molecular weight is 322 g/mol. The van der Waals surface area contributed by atoms with Gasteiger partial charge in [0.1, 0.15) is 5.75 Å². The zero-order valence-electron chi connectivity index (χ0n) is 13.8. The van der Waals surface area contributed by atoms with Crippen molar-refractivity contribution in [1.82, 2.24) is 5.43 Å². The lowest BCUT2D eigenvalue weighted by Gasteiger charge is -2.08. The van der Waals surface area contributed by atoms with E-state index in [0.717, 1.165) is 10.8 Å². The summed E-state index contributed by atoms with van der Waals surface area (Å²) in [6.45, 7) is 1.81. The van der Waals surface area contributed by atoms with Gasteiger partial charge in [-0.3, -0.25) is 4.79 Å². The number of phenolic OH excluding ortho intramolecular Hbond substituents is 1. The van der Waals surface area contributed by atoms with Crippen LogP contribution >= 0.6 is 0 Å². The topological polar surface area (TPSA) is 61.7 Å². The van der Waals surface area contributed by atoms with Crippen molar-refractivity contribution in [3.8, 4) is 5.75 Å². The summed E-state index contributed by atoms with van der Waals surface area (Å²) >= 11 is 0. The number of nitrogens with zero attached hydrogens (tertiary/aromatic N) is 1. The molecule has 0 spiro atoms. The van der Waals surface area contributed by atoms with Crippen LogP contribution in [0, 0.1) is 17.8 Å². The molecule has 1 amide bonds. The standard InChI is InChI=1S/C20H22N2O2/c1-12(14-11-10-13-6-2-3-7-15(13)19(14)23)21-22-20(24)18-16-8-4-5-9-17(16)18/h2-3,6-7,10-11,16-18,23H,4-5,8-9H2,1H3,(H,22,24)/b21-12-/t16-,17+,18?. The van der Waals surface area contributed by atoms with E-state index in [-0.39, 0.29) is 17.6 Å². The van der Waals surface area contributed by atoms with Crippen molar-refractivity contribution in [3.63, 3.8) is 0 Å². The predicted octanol–water partition coefficient (Wildman–Crippen LogP) is 3.82. The summed E-state index contributed by atoms with van der Waals surface area (Å²) in [6, 6.07) is 11.5. The number of hydrogen-bond acceptors (Lipinski definition) is 3. The Hall–Kier alpha value is -2.36. The third-order valence-corrected chi connectivity index (χ3v) is 5.58. The number of carbonyl (C=O) groups is 1. The summed E-state index contributed by atoms with van der Waals surface area (Å²) in [7, 11) is 0. The molecule has 0 aromatic heterocycles. The van der Waals surface area contributed by atoms with Crippen LogP contribution in [0.2, 0.25) is 0 Å². The van der Waals surface area contributed by atoms with Gasteiger partial charge in [-0.05, 0) is 43.1 Å². The SMILES string of the molecule is C/C(=N/NC(=O)C1[C@H]2CCCC[C@@H]12)c1ccc2ccccc2c1O. The monoisotopic (exact) mass is 322 g/mol. The fraction of sp³-hybridized carbons (Fsp3) is 0.400. The van der Waals surface area contributed by atoms with Gasteiger partial charge >= 0.3 is 0 Å². The second-order valence-corrected chi connectivity index (χ2v) is 6.99. The van der Waals surface area contributed by atoms with Gasteiger partial charge in [0.2, 0.25) is 5.91 Å². The first-order valence-electron chi connectivity index (χ1n) is 8.72. The molecule has 1 unspecified atom stereocenters. The Labute approximate surface area is 141 Å². The highest BCUT2D eigenvalue weighted by atomic mass is 16.3. The maximum atomic E-state index is 12.3. The molecule has 0 heterocycles. The Balaban J connectivity index is 1.51. The van der Waals surface area contributed by atoms with Crippen molar-refractivity contribution in [3.05, 3.63) is 42.0 Å². The van der Waals surface area contributed by atoms with Gasteiger partial charge < -0.3 is 5.11 Å². The van der Waals surface area contributed by atoms with E-state index in [2.05, 4.69) is 10.5 Å². The van der Waals surface area contributed by atoms with Gasteiger partial charge in [-0.1, -0.05) is 43.2 Å². The Morgan fingerprint density at radius 3 is 2.58 bits per heavy atom. The van der Waals surface area contributed by atoms with Crippen LogP contribution in [0.1, 0.15) is 38.2 Å². The van der Waals surface area contributed by atoms with Crippen LogP contribution in [-0.4, -0.2) is 16.7 Å². The number of benzene rings is 2. The normalized spacial score (nSPS) is 26.0. The van der Waals surface area contributed by atoms with Crippen molar-refractivity contribution in [2.24, 2.45) is 22.9 Å². The lowest BCUT2D eigenvalue weighted by Crippen LogP contribution is -2.22. The minimum Gasteiger partial charge on any atom is -0.507 e. The molecule has 0 bridgehead atoms. The highest BCUT2D eigenvalue weighted by Gasteiger charge is 2.54. The van der Waals surface area contributed by atoms with Crippen molar-refractivity contribution < 1.29 is 9.90 Å². The molecular weight excluding hydrogens is 300 g/mol. The summed E-state index contributed by atoms with van der Waals surface area (Å²) in [4.78, 5) is 12.3. The third-order valence-electron chi connectivity index (χ3n) is 5.58. The third kappa shape index (κ3) is 2.56. The molecule has 24 heavy (non-hydrogen) atoms. The van der Waals surface area contributed by atoms with Crippen LogP contribution in [0.25, 0.3) is 10.8 Å². The zero-order valence-corrected chi connectivity index (χ0v) is 13.8. The number of phenols is 1. The fourth-order valence-electron chi connectivity index (χ4n) is 4.20. The number of rotatable bonds is 3. The van der Waals surface area contributed by atoms with E-state index in [1.165, 1.54) is 25.7 Å². The first-order valence-corrected chi connectivity index (χ1v) is 8.72. The molecule has 3 atom stereocenters. The average Bonchev–Trinajstić information content (AvgIpc) is 3.34. The molecule has 4 rings (SSSR count). The van der Waals surface area contributed by atoms with Gasteiger partial charge in [0.15, 0.2) is 0 Å². The summed E-state index contributed by atoms with van der Waals surface area (Å²) in [5.74, 6) is 1.54. The van der Waals surface area contributed by atoms with E-state index in [9.17, 15) is 9.90 Å². The van der Waals surface area contributed by atoms with Crippen LogP contribution in [-0.2, 0) is 4.79 Å². The molecule has 0 aliphatic heterocycles. The first-order chi connectivity index (χ1) is 11.7. The number of carbonyl (C=O) groups excluding carboxylic acids is 1. The van der Waals surface area contributed by atoms with Gasteiger partial charge in [-0.25, -0.2) is 5.43 Å². The highest BCUT2D eigenvalue weighted by Crippen LogP contribution is 2.55.